The number of ketones is 1. The average molecular weight is 393 g/mol. The third kappa shape index (κ3) is 4.04. The first kappa shape index (κ1) is 20.6. The van der Waals surface area contributed by atoms with Gasteiger partial charge in [-0.2, -0.15) is 0 Å². The van der Waals surface area contributed by atoms with Gasteiger partial charge in [0.05, 0.1) is 18.7 Å². The number of nitrogens with zero attached hydrogens (tertiary/aromatic N) is 1. The first-order valence-electron chi connectivity index (χ1n) is 10.0. The minimum atomic E-state index is -0.640. The van der Waals surface area contributed by atoms with E-state index in [0.29, 0.717) is 17.9 Å². The lowest BCUT2D eigenvalue weighted by molar-refractivity contribution is -0.139. The van der Waals surface area contributed by atoms with Crippen molar-refractivity contribution in [1.82, 2.24) is 4.90 Å². The van der Waals surface area contributed by atoms with Gasteiger partial charge in [0, 0.05) is 12.1 Å². The molecule has 1 aliphatic rings. The maximum absolute atomic E-state index is 12.9. The molecule has 1 aliphatic heterocycles. The van der Waals surface area contributed by atoms with E-state index in [2.05, 4.69) is 6.92 Å². The summed E-state index contributed by atoms with van der Waals surface area (Å²) in [6.07, 6.45) is 2.60. The predicted molar refractivity (Wildman–Crippen MR) is 113 cm³/mol. The van der Waals surface area contributed by atoms with Gasteiger partial charge >= 0.3 is 0 Å². The Bertz CT molecular complexity index is 913. The van der Waals surface area contributed by atoms with Crippen LogP contribution in [0, 0.1) is 0 Å². The normalized spacial score (nSPS) is 18.3. The molecule has 1 unspecified atom stereocenters. The van der Waals surface area contributed by atoms with Crippen molar-refractivity contribution in [2.75, 3.05) is 13.7 Å². The molecule has 0 aromatic heterocycles. The van der Waals surface area contributed by atoms with Gasteiger partial charge in [-0.3, -0.25) is 9.59 Å². The molecule has 1 N–H and O–H groups in total. The van der Waals surface area contributed by atoms with Gasteiger partial charge in [0.2, 0.25) is 0 Å². The van der Waals surface area contributed by atoms with E-state index in [9.17, 15) is 14.7 Å². The summed E-state index contributed by atoms with van der Waals surface area (Å²) in [7, 11) is 1.56. The number of carbonyl (C=O) groups excluding carboxylic acids is 2. The number of unbranched alkanes of at least 4 members (excludes halogenated alkanes) is 1. The van der Waals surface area contributed by atoms with Crippen LogP contribution in [0.25, 0.3) is 5.76 Å². The molecule has 1 amide bonds. The highest BCUT2D eigenvalue weighted by Crippen LogP contribution is 2.39. The monoisotopic (exact) mass is 393 g/mol. The van der Waals surface area contributed by atoms with Gasteiger partial charge in [0.1, 0.15) is 11.5 Å². The maximum Gasteiger partial charge on any atom is 0.295 e. The number of benzene rings is 2. The molecule has 29 heavy (non-hydrogen) atoms. The van der Waals surface area contributed by atoms with Crippen LogP contribution in [0.15, 0.2) is 54.1 Å². The SMILES string of the molecule is CCCCN1C(=O)C(=O)/C(=C(\O)c2ccc(OC)cc2)C1c1ccc(CC)cc1. The van der Waals surface area contributed by atoms with Crippen LogP contribution in [-0.4, -0.2) is 35.4 Å². The topological polar surface area (TPSA) is 66.8 Å². The summed E-state index contributed by atoms with van der Waals surface area (Å²) >= 11 is 0. The number of aryl methyl sites for hydroxylation is 1. The highest BCUT2D eigenvalue weighted by Gasteiger charge is 2.45. The number of hydrogen-bond acceptors (Lipinski definition) is 4. The quantitative estimate of drug-likeness (QED) is 0.428. The molecule has 2 aromatic carbocycles. The third-order valence-electron chi connectivity index (χ3n) is 5.36. The zero-order valence-corrected chi connectivity index (χ0v) is 17.1. The fraction of sp³-hybridized carbons (Fsp3) is 0.333. The number of likely N-dealkylation sites (tertiary alicyclic amines) is 1. The Balaban J connectivity index is 2.11. The Morgan fingerprint density at radius 2 is 1.69 bits per heavy atom. The average Bonchev–Trinajstić information content (AvgIpc) is 3.02. The van der Waals surface area contributed by atoms with Crippen LogP contribution in [0.2, 0.25) is 0 Å². The Labute approximate surface area is 171 Å². The number of ether oxygens (including phenoxy) is 1. The zero-order valence-electron chi connectivity index (χ0n) is 17.1. The molecule has 152 valence electrons. The van der Waals surface area contributed by atoms with Crippen LogP contribution in [-0.2, 0) is 16.0 Å². The Hall–Kier alpha value is -3.08. The summed E-state index contributed by atoms with van der Waals surface area (Å²) < 4.78 is 5.16. The number of hydrogen-bond donors (Lipinski definition) is 1. The summed E-state index contributed by atoms with van der Waals surface area (Å²) in [5, 5.41) is 11.0. The lowest BCUT2D eigenvalue weighted by Gasteiger charge is -2.25. The van der Waals surface area contributed by atoms with Crippen molar-refractivity contribution in [2.45, 2.75) is 39.2 Å². The van der Waals surface area contributed by atoms with E-state index >= 15 is 0 Å². The molecule has 1 heterocycles. The maximum atomic E-state index is 12.9. The van der Waals surface area contributed by atoms with Gasteiger partial charge in [0.25, 0.3) is 11.7 Å². The van der Waals surface area contributed by atoms with E-state index in [1.54, 1.807) is 36.3 Å². The molecule has 0 saturated carbocycles. The summed E-state index contributed by atoms with van der Waals surface area (Å²) in [6.45, 7) is 4.59. The molecule has 1 atom stereocenters. The van der Waals surface area contributed by atoms with Crippen molar-refractivity contribution in [2.24, 2.45) is 0 Å². The van der Waals surface area contributed by atoms with Gasteiger partial charge in [-0.15, -0.1) is 0 Å². The lowest BCUT2D eigenvalue weighted by Crippen LogP contribution is -2.30. The molecule has 0 spiro atoms. The summed E-state index contributed by atoms with van der Waals surface area (Å²) in [5.41, 5.74) is 2.62. The minimum absolute atomic E-state index is 0.139. The first-order valence-corrected chi connectivity index (χ1v) is 10.0. The number of rotatable bonds is 7. The molecule has 1 fully saturated rings. The summed E-state index contributed by atoms with van der Waals surface area (Å²) in [5.74, 6) is -0.705. The lowest BCUT2D eigenvalue weighted by atomic mass is 9.94. The Kier molecular flexibility index (Phi) is 6.37. The van der Waals surface area contributed by atoms with Crippen LogP contribution in [0.3, 0.4) is 0 Å². The van der Waals surface area contributed by atoms with Gasteiger partial charge < -0.3 is 14.7 Å². The van der Waals surface area contributed by atoms with Crippen LogP contribution in [0.4, 0.5) is 0 Å². The molecule has 3 rings (SSSR count). The minimum Gasteiger partial charge on any atom is -0.507 e. The fourth-order valence-electron chi connectivity index (χ4n) is 3.63. The number of aliphatic hydroxyl groups is 1. The standard InChI is InChI=1S/C24H27NO4/c1-4-6-15-25-21(17-9-7-16(5-2)8-10-17)20(23(27)24(25)28)22(26)18-11-13-19(29-3)14-12-18/h7-14,21,26H,4-6,15H2,1-3H3/b22-20-. The smallest absolute Gasteiger partial charge is 0.295 e. The van der Waals surface area contributed by atoms with E-state index in [1.165, 1.54) is 5.56 Å². The number of Topliss-reactive ketones (excluding diaryl/α,β-unsaturated/α-hetero) is 1. The Morgan fingerprint density at radius 1 is 1.03 bits per heavy atom. The highest BCUT2D eigenvalue weighted by atomic mass is 16.5. The predicted octanol–water partition coefficient (Wildman–Crippen LogP) is 4.48. The van der Waals surface area contributed by atoms with Crippen LogP contribution >= 0.6 is 0 Å². The molecule has 5 nitrogen and oxygen atoms in total. The molecular weight excluding hydrogens is 366 g/mol. The molecule has 5 heteroatoms. The van der Waals surface area contributed by atoms with E-state index in [-0.39, 0.29) is 11.3 Å². The van der Waals surface area contributed by atoms with Crippen molar-refractivity contribution in [3.05, 3.63) is 70.8 Å². The van der Waals surface area contributed by atoms with Gasteiger partial charge in [0.15, 0.2) is 0 Å². The van der Waals surface area contributed by atoms with Crippen LogP contribution in [0.1, 0.15) is 49.4 Å². The number of aliphatic hydroxyl groups excluding tert-OH is 1. The highest BCUT2D eigenvalue weighted by molar-refractivity contribution is 6.46. The van der Waals surface area contributed by atoms with Crippen molar-refractivity contribution in [3.8, 4) is 5.75 Å². The fourth-order valence-corrected chi connectivity index (χ4v) is 3.63. The van der Waals surface area contributed by atoms with Crippen molar-refractivity contribution >= 4 is 17.4 Å². The van der Waals surface area contributed by atoms with Gasteiger partial charge in [-0.1, -0.05) is 44.5 Å². The van der Waals surface area contributed by atoms with E-state index in [4.69, 9.17) is 4.74 Å². The van der Waals surface area contributed by atoms with Gasteiger partial charge in [-0.25, -0.2) is 0 Å². The molecule has 1 saturated heterocycles. The second-order valence-corrected chi connectivity index (χ2v) is 7.17. The molecule has 0 radical (unpaired) electrons. The zero-order chi connectivity index (χ0) is 21.0. The van der Waals surface area contributed by atoms with Crippen LogP contribution in [0.5, 0.6) is 5.75 Å². The number of methoxy groups -OCH3 is 1. The largest absolute Gasteiger partial charge is 0.507 e. The molecule has 2 aromatic rings. The third-order valence-corrected chi connectivity index (χ3v) is 5.36. The second kappa shape index (κ2) is 8.95. The van der Waals surface area contributed by atoms with Crippen molar-refractivity contribution < 1.29 is 19.4 Å². The van der Waals surface area contributed by atoms with Gasteiger partial charge in [-0.05, 0) is 48.2 Å². The number of amides is 1. The van der Waals surface area contributed by atoms with E-state index in [0.717, 1.165) is 24.8 Å². The van der Waals surface area contributed by atoms with Crippen LogP contribution < -0.4 is 4.74 Å². The summed E-state index contributed by atoms with van der Waals surface area (Å²) in [4.78, 5) is 27.3. The molecule has 0 bridgehead atoms. The summed E-state index contributed by atoms with van der Waals surface area (Å²) in [6, 6.07) is 14.1. The molecular formula is C24H27NO4. The number of carbonyl (C=O) groups is 2. The first-order chi connectivity index (χ1) is 14.0. The molecule has 0 aliphatic carbocycles. The van der Waals surface area contributed by atoms with Crippen molar-refractivity contribution in [1.29, 1.82) is 0 Å². The van der Waals surface area contributed by atoms with E-state index in [1.807, 2.05) is 31.2 Å². The Morgan fingerprint density at radius 3 is 2.24 bits per heavy atom. The second-order valence-electron chi connectivity index (χ2n) is 7.17. The van der Waals surface area contributed by atoms with E-state index < -0.39 is 17.7 Å². The van der Waals surface area contributed by atoms with Crippen molar-refractivity contribution in [3.63, 3.8) is 0 Å².